The van der Waals surface area contributed by atoms with E-state index in [1.807, 2.05) is 6.07 Å². The van der Waals surface area contributed by atoms with Crippen molar-refractivity contribution in [3.63, 3.8) is 0 Å². The molecule has 2 N–H and O–H groups in total. The van der Waals surface area contributed by atoms with Crippen LogP contribution in [0.2, 0.25) is 0 Å². The highest BCUT2D eigenvalue weighted by atomic mass is 32.1. The molecule has 1 aliphatic heterocycles. The first-order chi connectivity index (χ1) is 10.7. The smallest absolute Gasteiger partial charge is 0.0682 e. The Morgan fingerprint density at radius 2 is 2.09 bits per heavy atom. The molecule has 3 atom stereocenters. The number of likely N-dealkylation sites (tertiary alicyclic amines) is 1. The van der Waals surface area contributed by atoms with E-state index in [9.17, 15) is 5.11 Å². The molecule has 1 fully saturated rings. The number of aliphatic hydroxyl groups excluding tert-OH is 1. The fraction of sp³-hybridized carbons (Fsp3) is 0.444. The van der Waals surface area contributed by atoms with E-state index in [1.165, 1.54) is 10.4 Å². The molecule has 1 aliphatic rings. The number of benzene rings is 1. The lowest BCUT2D eigenvalue weighted by atomic mass is 10.1. The minimum atomic E-state index is -0.201. The molecular weight excluding hydrogens is 292 g/mol. The number of hydrogen-bond acceptors (Lipinski definition) is 4. The van der Waals surface area contributed by atoms with E-state index in [-0.39, 0.29) is 6.10 Å². The minimum absolute atomic E-state index is 0.201. The Balaban J connectivity index is 1.56. The Morgan fingerprint density at radius 3 is 2.82 bits per heavy atom. The van der Waals surface area contributed by atoms with Crippen molar-refractivity contribution >= 4 is 11.3 Å². The zero-order valence-corrected chi connectivity index (χ0v) is 13.8. The van der Waals surface area contributed by atoms with Crippen LogP contribution < -0.4 is 5.32 Å². The summed E-state index contributed by atoms with van der Waals surface area (Å²) in [6, 6.07) is 15.6. The maximum absolute atomic E-state index is 10.0. The largest absolute Gasteiger partial charge is 0.392 e. The highest BCUT2D eigenvalue weighted by molar-refractivity contribution is 7.10. The molecule has 0 spiro atoms. The van der Waals surface area contributed by atoms with E-state index in [0.717, 1.165) is 26.1 Å². The second kappa shape index (κ2) is 7.38. The van der Waals surface area contributed by atoms with Gasteiger partial charge in [0.05, 0.1) is 6.10 Å². The van der Waals surface area contributed by atoms with Crippen LogP contribution in [0.15, 0.2) is 47.8 Å². The summed E-state index contributed by atoms with van der Waals surface area (Å²) >= 11 is 1.79. The third-order valence-corrected chi connectivity index (χ3v) is 5.42. The summed E-state index contributed by atoms with van der Waals surface area (Å²) in [6.07, 6.45) is 0.657. The van der Waals surface area contributed by atoms with E-state index in [0.29, 0.717) is 12.1 Å². The van der Waals surface area contributed by atoms with E-state index in [2.05, 4.69) is 58.9 Å². The number of aliphatic hydroxyl groups is 1. The second-order valence-corrected chi connectivity index (χ2v) is 7.08. The SMILES string of the molecule is C[C@H](NC[C@H]1C[C@@H](O)CN1Cc1ccccc1)c1cccs1. The van der Waals surface area contributed by atoms with Crippen molar-refractivity contribution < 1.29 is 5.11 Å². The van der Waals surface area contributed by atoms with Gasteiger partial charge in [-0.05, 0) is 30.4 Å². The van der Waals surface area contributed by atoms with Crippen molar-refractivity contribution in [2.45, 2.75) is 38.1 Å². The average Bonchev–Trinajstić information content (AvgIpc) is 3.16. The first-order valence-electron chi connectivity index (χ1n) is 7.95. The number of nitrogens with one attached hydrogen (secondary N) is 1. The van der Waals surface area contributed by atoms with Crippen molar-refractivity contribution in [2.24, 2.45) is 0 Å². The van der Waals surface area contributed by atoms with Crippen LogP contribution in [0, 0.1) is 0 Å². The number of β-amino-alcohol motifs (C(OH)–C–C–N with tert-alkyl or cyclic N) is 1. The van der Waals surface area contributed by atoms with Crippen molar-refractivity contribution in [3.05, 3.63) is 58.3 Å². The van der Waals surface area contributed by atoms with Gasteiger partial charge in [-0.3, -0.25) is 4.90 Å². The third-order valence-electron chi connectivity index (χ3n) is 4.36. The second-order valence-electron chi connectivity index (χ2n) is 6.10. The van der Waals surface area contributed by atoms with Crippen LogP contribution >= 0.6 is 11.3 Å². The van der Waals surface area contributed by atoms with Crippen molar-refractivity contribution in [1.82, 2.24) is 10.2 Å². The van der Waals surface area contributed by atoms with Crippen LogP contribution in [0.4, 0.5) is 0 Å². The molecule has 0 amide bonds. The van der Waals surface area contributed by atoms with Crippen molar-refractivity contribution in [2.75, 3.05) is 13.1 Å². The summed E-state index contributed by atoms with van der Waals surface area (Å²) < 4.78 is 0. The highest BCUT2D eigenvalue weighted by Crippen LogP contribution is 2.22. The molecule has 0 unspecified atom stereocenters. The first kappa shape index (κ1) is 15.7. The quantitative estimate of drug-likeness (QED) is 0.860. The molecular formula is C18H24N2OS. The molecule has 118 valence electrons. The highest BCUT2D eigenvalue weighted by Gasteiger charge is 2.30. The van der Waals surface area contributed by atoms with Crippen LogP contribution in [0.5, 0.6) is 0 Å². The summed E-state index contributed by atoms with van der Waals surface area (Å²) in [5.41, 5.74) is 1.31. The summed E-state index contributed by atoms with van der Waals surface area (Å²) in [7, 11) is 0. The first-order valence-corrected chi connectivity index (χ1v) is 8.83. The summed E-state index contributed by atoms with van der Waals surface area (Å²) in [5.74, 6) is 0. The summed E-state index contributed by atoms with van der Waals surface area (Å²) in [4.78, 5) is 3.77. The van der Waals surface area contributed by atoms with Gasteiger partial charge in [-0.25, -0.2) is 0 Å². The maximum Gasteiger partial charge on any atom is 0.0682 e. The Hall–Kier alpha value is -1.20. The lowest BCUT2D eigenvalue weighted by Crippen LogP contribution is -2.38. The lowest BCUT2D eigenvalue weighted by Gasteiger charge is -2.26. The zero-order valence-electron chi connectivity index (χ0n) is 13.0. The predicted octanol–water partition coefficient (Wildman–Crippen LogP) is 3.03. The lowest BCUT2D eigenvalue weighted by molar-refractivity contribution is 0.172. The third kappa shape index (κ3) is 3.96. The van der Waals surface area contributed by atoms with Gasteiger partial charge in [0.1, 0.15) is 0 Å². The van der Waals surface area contributed by atoms with Gasteiger partial charge in [0.15, 0.2) is 0 Å². The van der Waals surface area contributed by atoms with Gasteiger partial charge >= 0.3 is 0 Å². The molecule has 3 rings (SSSR count). The van der Waals surface area contributed by atoms with Crippen LogP contribution in [0.1, 0.15) is 29.8 Å². The van der Waals surface area contributed by atoms with Crippen molar-refractivity contribution in [3.8, 4) is 0 Å². The average molecular weight is 316 g/mol. The van der Waals surface area contributed by atoms with Gasteiger partial charge in [0.25, 0.3) is 0 Å². The topological polar surface area (TPSA) is 35.5 Å². The minimum Gasteiger partial charge on any atom is -0.392 e. The fourth-order valence-corrected chi connectivity index (χ4v) is 3.89. The Labute approximate surface area is 136 Å². The fourth-order valence-electron chi connectivity index (χ4n) is 3.13. The van der Waals surface area contributed by atoms with Crippen molar-refractivity contribution in [1.29, 1.82) is 0 Å². The monoisotopic (exact) mass is 316 g/mol. The van der Waals surface area contributed by atoms with E-state index in [1.54, 1.807) is 11.3 Å². The van der Waals surface area contributed by atoms with Gasteiger partial charge in [0, 0.05) is 36.6 Å². The van der Waals surface area contributed by atoms with Crippen LogP contribution in [-0.2, 0) is 6.54 Å². The molecule has 0 saturated carbocycles. The molecule has 22 heavy (non-hydrogen) atoms. The molecule has 4 heteroatoms. The predicted molar refractivity (Wildman–Crippen MR) is 92.0 cm³/mol. The number of hydrogen-bond donors (Lipinski definition) is 2. The molecule has 0 bridgehead atoms. The standard InChI is InChI=1S/C18H24N2OS/c1-14(18-8-5-9-22-18)19-11-16-10-17(21)13-20(16)12-15-6-3-2-4-7-15/h2-9,14,16-17,19,21H,10-13H2,1H3/t14-,16+,17+/m0/s1. The number of thiophene rings is 1. The summed E-state index contributed by atoms with van der Waals surface area (Å²) in [6.45, 7) is 4.81. The normalized spacial score (nSPS) is 23.7. The molecule has 2 aromatic rings. The molecule has 2 heterocycles. The van der Waals surface area contributed by atoms with Gasteiger partial charge < -0.3 is 10.4 Å². The van der Waals surface area contributed by atoms with Gasteiger partial charge in [0.2, 0.25) is 0 Å². The molecule has 1 aromatic carbocycles. The Morgan fingerprint density at radius 1 is 1.27 bits per heavy atom. The van der Waals surface area contributed by atoms with E-state index in [4.69, 9.17) is 0 Å². The summed E-state index contributed by atoms with van der Waals surface area (Å²) in [5, 5.41) is 15.8. The van der Waals surface area contributed by atoms with E-state index < -0.39 is 0 Å². The molecule has 1 aromatic heterocycles. The Bertz CT molecular complexity index is 558. The number of rotatable bonds is 6. The van der Waals surface area contributed by atoms with Gasteiger partial charge in [-0.15, -0.1) is 11.3 Å². The molecule has 1 saturated heterocycles. The molecule has 3 nitrogen and oxygen atoms in total. The molecule has 0 radical (unpaired) electrons. The zero-order chi connectivity index (χ0) is 15.4. The Kier molecular flexibility index (Phi) is 5.26. The van der Waals surface area contributed by atoms with E-state index >= 15 is 0 Å². The van der Waals surface area contributed by atoms with Crippen LogP contribution in [0.25, 0.3) is 0 Å². The number of nitrogens with zero attached hydrogens (tertiary/aromatic N) is 1. The molecule has 0 aliphatic carbocycles. The van der Waals surface area contributed by atoms with Gasteiger partial charge in [-0.1, -0.05) is 36.4 Å². The van der Waals surface area contributed by atoms with Crippen LogP contribution in [0.3, 0.4) is 0 Å². The maximum atomic E-state index is 10.0. The van der Waals surface area contributed by atoms with Gasteiger partial charge in [-0.2, -0.15) is 0 Å². The van der Waals surface area contributed by atoms with Crippen LogP contribution in [-0.4, -0.2) is 35.2 Å².